The fraction of sp³-hybridized carbons (Fsp3) is 0.455. The van der Waals surface area contributed by atoms with Crippen LogP contribution in [0.1, 0.15) is 22.8 Å². The molecule has 2 rings (SSSR count). The summed E-state index contributed by atoms with van der Waals surface area (Å²) in [5, 5.41) is 6.71. The molecule has 0 aromatic carbocycles. The number of aryl methyl sites for hydroxylation is 2. The zero-order valence-electron chi connectivity index (χ0n) is 9.77. The average molecular weight is 273 g/mol. The van der Waals surface area contributed by atoms with E-state index >= 15 is 0 Å². The van der Waals surface area contributed by atoms with Crippen LogP contribution in [0.3, 0.4) is 0 Å². The molecule has 0 amide bonds. The van der Waals surface area contributed by atoms with Crippen molar-refractivity contribution in [3.8, 4) is 0 Å². The number of imidazole rings is 1. The molecule has 2 N–H and O–H groups in total. The molecule has 0 fully saturated rings. The van der Waals surface area contributed by atoms with E-state index in [1.54, 1.807) is 17.7 Å². The topological polar surface area (TPSA) is 53.6 Å². The van der Waals surface area contributed by atoms with Gasteiger partial charge in [0.15, 0.2) is 0 Å². The number of hydrogen-bond donors (Lipinski definition) is 2. The van der Waals surface area contributed by atoms with Gasteiger partial charge in [-0.25, -0.2) is 9.97 Å². The van der Waals surface area contributed by atoms with Crippen LogP contribution in [0.4, 0.5) is 0 Å². The lowest BCUT2D eigenvalue weighted by Crippen LogP contribution is -2.15. The first-order valence-corrected chi connectivity index (χ1v) is 6.31. The lowest BCUT2D eigenvalue weighted by molar-refractivity contribution is 0.641. The smallest absolute Gasteiger partial charge is 0.0928 e. The van der Waals surface area contributed by atoms with Gasteiger partial charge in [0, 0.05) is 35.9 Å². The zero-order chi connectivity index (χ0) is 11.2. The number of aromatic nitrogens is 3. The molecule has 6 heteroatoms. The van der Waals surface area contributed by atoms with Gasteiger partial charge in [-0.05, 0) is 19.9 Å². The van der Waals surface area contributed by atoms with E-state index in [0.29, 0.717) is 0 Å². The van der Waals surface area contributed by atoms with E-state index in [-0.39, 0.29) is 12.4 Å². The van der Waals surface area contributed by atoms with Crippen LogP contribution in [0.5, 0.6) is 0 Å². The molecule has 0 saturated carbocycles. The molecular formula is C11H17ClN4S. The Bertz CT molecular complexity index is 413. The number of hydrogen-bond acceptors (Lipinski definition) is 4. The Hall–Kier alpha value is -0.910. The van der Waals surface area contributed by atoms with Gasteiger partial charge in [0.1, 0.15) is 0 Å². The normalized spacial score (nSPS) is 10.2. The second-order valence-electron chi connectivity index (χ2n) is 3.74. The highest BCUT2D eigenvalue weighted by Crippen LogP contribution is 2.10. The first-order valence-electron chi connectivity index (χ1n) is 5.43. The predicted molar refractivity (Wildman–Crippen MR) is 72.7 cm³/mol. The van der Waals surface area contributed by atoms with Gasteiger partial charge in [-0.15, -0.1) is 23.7 Å². The quantitative estimate of drug-likeness (QED) is 0.794. The van der Waals surface area contributed by atoms with Crippen molar-refractivity contribution in [2.45, 2.75) is 26.3 Å². The minimum Gasteiger partial charge on any atom is -0.347 e. The third-order valence-electron chi connectivity index (χ3n) is 2.28. The van der Waals surface area contributed by atoms with Crippen LogP contribution in [0, 0.1) is 6.92 Å². The highest BCUT2D eigenvalue weighted by atomic mass is 35.5. The Labute approximate surface area is 111 Å². The van der Waals surface area contributed by atoms with Crippen molar-refractivity contribution in [3.63, 3.8) is 0 Å². The molecule has 2 aromatic rings. The summed E-state index contributed by atoms with van der Waals surface area (Å²) < 4.78 is 0. The second-order valence-corrected chi connectivity index (χ2v) is 4.68. The molecule has 4 nitrogen and oxygen atoms in total. The minimum absolute atomic E-state index is 0. The number of rotatable bonds is 6. The Kier molecular flexibility index (Phi) is 6.18. The molecule has 0 radical (unpaired) electrons. The molecule has 0 spiro atoms. The first-order chi connectivity index (χ1) is 7.84. The molecule has 0 saturated heterocycles. The first kappa shape index (κ1) is 14.2. The predicted octanol–water partition coefficient (Wildman–Crippen LogP) is 2.32. The van der Waals surface area contributed by atoms with Crippen molar-refractivity contribution < 1.29 is 0 Å². The van der Waals surface area contributed by atoms with Crippen molar-refractivity contribution in [1.82, 2.24) is 20.3 Å². The summed E-state index contributed by atoms with van der Waals surface area (Å²) in [7, 11) is 0. The van der Waals surface area contributed by atoms with Crippen molar-refractivity contribution in [2.24, 2.45) is 0 Å². The van der Waals surface area contributed by atoms with E-state index in [2.05, 4.69) is 25.6 Å². The molecule has 0 bridgehead atoms. The van der Waals surface area contributed by atoms with Crippen LogP contribution in [0.2, 0.25) is 0 Å². The maximum absolute atomic E-state index is 4.43. The molecule has 2 aromatic heterocycles. The van der Waals surface area contributed by atoms with Crippen LogP contribution in [-0.2, 0) is 13.0 Å². The molecule has 2 heterocycles. The lowest BCUT2D eigenvalue weighted by atomic mass is 10.3. The van der Waals surface area contributed by atoms with Gasteiger partial charge in [-0.1, -0.05) is 0 Å². The monoisotopic (exact) mass is 272 g/mol. The van der Waals surface area contributed by atoms with E-state index in [9.17, 15) is 0 Å². The zero-order valence-corrected chi connectivity index (χ0v) is 11.4. The Morgan fingerprint density at radius 2 is 2.35 bits per heavy atom. The van der Waals surface area contributed by atoms with E-state index in [1.165, 1.54) is 5.01 Å². The standard InChI is InChI=1S/C11H16N4S.ClH/c1-9-7-16-11(15-9)3-2-4-12-5-10-6-13-8-14-10;/h6-8,12H,2-5H2,1H3,(H,13,14);1H. The highest BCUT2D eigenvalue weighted by molar-refractivity contribution is 7.09. The summed E-state index contributed by atoms with van der Waals surface area (Å²) in [5.41, 5.74) is 2.26. The van der Waals surface area contributed by atoms with Crippen molar-refractivity contribution in [2.75, 3.05) is 6.54 Å². The van der Waals surface area contributed by atoms with Gasteiger partial charge in [0.05, 0.1) is 11.3 Å². The summed E-state index contributed by atoms with van der Waals surface area (Å²) in [6, 6.07) is 0. The van der Waals surface area contributed by atoms with Gasteiger partial charge in [-0.2, -0.15) is 0 Å². The highest BCUT2D eigenvalue weighted by Gasteiger charge is 1.98. The second kappa shape index (κ2) is 7.42. The van der Waals surface area contributed by atoms with Gasteiger partial charge in [-0.3, -0.25) is 0 Å². The average Bonchev–Trinajstić information content (AvgIpc) is 2.89. The number of H-pyrrole nitrogens is 1. The van der Waals surface area contributed by atoms with Crippen LogP contribution in [0.25, 0.3) is 0 Å². The molecule has 0 aliphatic carbocycles. The largest absolute Gasteiger partial charge is 0.347 e. The SMILES string of the molecule is Cc1csc(CCCNCc2cnc[nH]2)n1.Cl. The number of halogens is 1. The molecule has 0 aliphatic heterocycles. The molecule has 94 valence electrons. The molecular weight excluding hydrogens is 256 g/mol. The third kappa shape index (κ3) is 4.85. The maximum Gasteiger partial charge on any atom is 0.0928 e. The summed E-state index contributed by atoms with van der Waals surface area (Å²) in [5.74, 6) is 0. The molecule has 17 heavy (non-hydrogen) atoms. The van der Waals surface area contributed by atoms with E-state index in [4.69, 9.17) is 0 Å². The van der Waals surface area contributed by atoms with E-state index in [0.717, 1.165) is 37.3 Å². The van der Waals surface area contributed by atoms with E-state index < -0.39 is 0 Å². The van der Waals surface area contributed by atoms with Crippen LogP contribution < -0.4 is 5.32 Å². The Morgan fingerprint density at radius 1 is 1.47 bits per heavy atom. The van der Waals surface area contributed by atoms with Gasteiger partial charge >= 0.3 is 0 Å². The third-order valence-corrected chi connectivity index (χ3v) is 3.31. The van der Waals surface area contributed by atoms with Crippen molar-refractivity contribution in [3.05, 3.63) is 34.3 Å². The van der Waals surface area contributed by atoms with E-state index in [1.807, 2.05) is 13.1 Å². The van der Waals surface area contributed by atoms with Crippen molar-refractivity contribution >= 4 is 23.7 Å². The fourth-order valence-electron chi connectivity index (χ4n) is 1.49. The fourth-order valence-corrected chi connectivity index (χ4v) is 2.30. The molecule has 0 atom stereocenters. The van der Waals surface area contributed by atoms with Crippen molar-refractivity contribution in [1.29, 1.82) is 0 Å². The van der Waals surface area contributed by atoms with Crippen LogP contribution in [-0.4, -0.2) is 21.5 Å². The van der Waals surface area contributed by atoms with Gasteiger partial charge < -0.3 is 10.3 Å². The molecule has 0 unspecified atom stereocenters. The number of aromatic amines is 1. The lowest BCUT2D eigenvalue weighted by Gasteiger charge is -2.01. The summed E-state index contributed by atoms with van der Waals surface area (Å²) in [6.45, 7) is 3.91. The summed E-state index contributed by atoms with van der Waals surface area (Å²) >= 11 is 1.75. The summed E-state index contributed by atoms with van der Waals surface area (Å²) in [4.78, 5) is 11.5. The maximum atomic E-state index is 4.43. The van der Waals surface area contributed by atoms with Gasteiger partial charge in [0.25, 0.3) is 0 Å². The van der Waals surface area contributed by atoms with Crippen LogP contribution in [0.15, 0.2) is 17.9 Å². The Morgan fingerprint density at radius 3 is 3.00 bits per heavy atom. The van der Waals surface area contributed by atoms with Gasteiger partial charge in [0.2, 0.25) is 0 Å². The number of thiazole rings is 1. The number of nitrogens with one attached hydrogen (secondary N) is 2. The Balaban J connectivity index is 0.00000144. The van der Waals surface area contributed by atoms with Crippen LogP contribution >= 0.6 is 23.7 Å². The number of nitrogens with zero attached hydrogens (tertiary/aromatic N) is 2. The molecule has 0 aliphatic rings. The minimum atomic E-state index is 0. The summed E-state index contributed by atoms with van der Waals surface area (Å²) in [6.07, 6.45) is 5.74.